The fraction of sp³-hybridized carbons (Fsp3) is 0.214. The average molecular weight is 341 g/mol. The number of hydrogen-bond acceptors (Lipinski definition) is 1. The summed E-state index contributed by atoms with van der Waals surface area (Å²) in [6.45, 7) is 1.75. The van der Waals surface area contributed by atoms with E-state index in [1.54, 1.807) is 13.0 Å². The number of aliphatic hydroxyl groups excluding tert-OH is 1. The Morgan fingerprint density at radius 1 is 1.18 bits per heavy atom. The van der Waals surface area contributed by atoms with E-state index in [2.05, 4.69) is 28.8 Å². The Balaban J connectivity index is 0.00000144. The number of rotatable bonds is 2. The highest BCUT2D eigenvalue weighted by molar-refractivity contribution is 5.76. The molecule has 1 aromatic carbocycles. The van der Waals surface area contributed by atoms with Gasteiger partial charge in [-0.15, -0.1) is 0 Å². The molecule has 2 aromatic rings. The molecule has 2 nitrogen and oxygen atoms in total. The second-order valence-electron chi connectivity index (χ2n) is 3.98. The smallest absolute Gasteiger partial charge is 0.212 e. The minimum Gasteiger partial charge on any atom is -1.00 e. The van der Waals surface area contributed by atoms with Crippen molar-refractivity contribution in [3.63, 3.8) is 0 Å². The molecule has 0 spiro atoms. The van der Waals surface area contributed by atoms with Gasteiger partial charge in [-0.2, -0.15) is 4.57 Å². The Labute approximate surface area is 119 Å². The summed E-state index contributed by atoms with van der Waals surface area (Å²) in [6, 6.07) is 12.4. The predicted molar refractivity (Wildman–Crippen MR) is 65.8 cm³/mol. The van der Waals surface area contributed by atoms with Gasteiger partial charge in [-0.25, -0.2) is 0 Å². The first-order valence-corrected chi connectivity index (χ1v) is 5.42. The number of nitrogens with zero attached hydrogens (tertiary/aromatic N) is 1. The monoisotopic (exact) mass is 341 g/mol. The highest BCUT2D eigenvalue weighted by Gasteiger charge is 2.07. The Hall–Kier alpha value is -0.940. The largest absolute Gasteiger partial charge is 1.00 e. The molecule has 0 fully saturated rings. The number of para-hydroxylation sites is 1. The lowest BCUT2D eigenvalue weighted by molar-refractivity contribution is -0.646. The van der Waals surface area contributed by atoms with E-state index in [1.807, 2.05) is 25.3 Å². The van der Waals surface area contributed by atoms with Gasteiger partial charge in [0.2, 0.25) is 11.2 Å². The van der Waals surface area contributed by atoms with Crippen LogP contribution in [0, 0.1) is 0 Å². The van der Waals surface area contributed by atoms with Gasteiger partial charge in [0.05, 0.1) is 6.10 Å². The molecule has 0 aliphatic rings. The lowest BCUT2D eigenvalue weighted by Crippen LogP contribution is -3.00. The molecule has 17 heavy (non-hydrogen) atoms. The second-order valence-corrected chi connectivity index (χ2v) is 3.98. The van der Waals surface area contributed by atoms with Crippen molar-refractivity contribution in [1.29, 1.82) is 0 Å². The first-order chi connectivity index (χ1) is 7.68. The number of aliphatic hydroxyl groups is 1. The molecule has 90 valence electrons. The Bertz CT molecular complexity index is 535. The van der Waals surface area contributed by atoms with E-state index in [9.17, 15) is 5.11 Å². The summed E-state index contributed by atoms with van der Waals surface area (Å²) in [5, 5.41) is 10.4. The van der Waals surface area contributed by atoms with Crippen LogP contribution in [-0.4, -0.2) is 11.2 Å². The van der Waals surface area contributed by atoms with E-state index < -0.39 is 6.10 Å². The summed E-state index contributed by atoms with van der Waals surface area (Å²) in [6.07, 6.45) is 3.31. The van der Waals surface area contributed by atoms with Crippen LogP contribution in [0.5, 0.6) is 0 Å². The van der Waals surface area contributed by atoms with E-state index in [4.69, 9.17) is 0 Å². The van der Waals surface area contributed by atoms with Crippen molar-refractivity contribution in [3.05, 3.63) is 48.2 Å². The zero-order valence-electron chi connectivity index (χ0n) is 9.97. The summed E-state index contributed by atoms with van der Waals surface area (Å²) in [5.41, 5.74) is 2.27. The topological polar surface area (TPSA) is 24.1 Å². The summed E-state index contributed by atoms with van der Waals surface area (Å²) < 4.78 is 2.12. The van der Waals surface area contributed by atoms with E-state index >= 15 is 0 Å². The molecule has 2 rings (SSSR count). The van der Waals surface area contributed by atoms with Crippen molar-refractivity contribution in [2.24, 2.45) is 7.05 Å². The van der Waals surface area contributed by atoms with Gasteiger partial charge in [0.15, 0.2) is 0 Å². The maximum atomic E-state index is 9.22. The summed E-state index contributed by atoms with van der Waals surface area (Å²) in [5.74, 6) is 0. The molecule has 1 heterocycles. The Kier molecular flexibility index (Phi) is 5.08. The number of pyridine rings is 1. The van der Waals surface area contributed by atoms with Gasteiger partial charge < -0.3 is 29.1 Å². The third-order valence-corrected chi connectivity index (χ3v) is 2.66. The fourth-order valence-electron chi connectivity index (χ4n) is 1.77. The first-order valence-electron chi connectivity index (χ1n) is 5.42. The maximum Gasteiger partial charge on any atom is 0.212 e. The van der Waals surface area contributed by atoms with Crippen LogP contribution in [0.4, 0.5) is 0 Å². The number of halogens is 1. The third kappa shape index (κ3) is 3.26. The Morgan fingerprint density at radius 3 is 2.59 bits per heavy atom. The van der Waals surface area contributed by atoms with Gasteiger partial charge in [0.1, 0.15) is 7.05 Å². The lowest BCUT2D eigenvalue weighted by atomic mass is 10.2. The molecule has 0 saturated heterocycles. The van der Waals surface area contributed by atoms with Crippen LogP contribution in [0.15, 0.2) is 42.5 Å². The van der Waals surface area contributed by atoms with Crippen molar-refractivity contribution in [2.45, 2.75) is 13.0 Å². The summed E-state index contributed by atoms with van der Waals surface area (Å²) >= 11 is 0. The molecule has 0 aliphatic heterocycles. The number of fused-ring (bicyclic) bond motifs is 1. The van der Waals surface area contributed by atoms with E-state index in [0.29, 0.717) is 0 Å². The maximum absolute atomic E-state index is 9.22. The van der Waals surface area contributed by atoms with Crippen molar-refractivity contribution in [2.75, 3.05) is 0 Å². The molecule has 1 atom stereocenters. The number of aromatic nitrogens is 1. The molecule has 0 aliphatic carbocycles. The highest BCUT2D eigenvalue weighted by Crippen LogP contribution is 2.10. The van der Waals surface area contributed by atoms with Crippen LogP contribution in [0.1, 0.15) is 12.6 Å². The van der Waals surface area contributed by atoms with Gasteiger partial charge >= 0.3 is 0 Å². The van der Waals surface area contributed by atoms with Crippen molar-refractivity contribution >= 4 is 17.0 Å². The molecule has 0 radical (unpaired) electrons. The minimum atomic E-state index is -0.411. The highest BCUT2D eigenvalue weighted by atomic mass is 127. The molecule has 1 unspecified atom stereocenters. The third-order valence-electron chi connectivity index (χ3n) is 2.66. The van der Waals surface area contributed by atoms with Gasteiger partial charge in [0.25, 0.3) is 0 Å². The molecule has 1 aromatic heterocycles. The standard InChI is InChI=1S/C14H16NO.HI/c1-11(16)7-9-13-10-8-12-5-3-4-6-14(12)15(13)2;/h3-11,16H,1-2H3;1H/q+1;/p-1/b9-7+;. The molecule has 0 saturated carbocycles. The Morgan fingerprint density at radius 2 is 1.88 bits per heavy atom. The molecule has 3 heteroatoms. The molecular weight excluding hydrogens is 325 g/mol. The summed E-state index contributed by atoms with van der Waals surface area (Å²) in [4.78, 5) is 0. The van der Waals surface area contributed by atoms with Crippen molar-refractivity contribution in [1.82, 2.24) is 0 Å². The number of benzene rings is 1. The quantitative estimate of drug-likeness (QED) is 0.554. The number of aryl methyl sites for hydroxylation is 1. The minimum absolute atomic E-state index is 0. The van der Waals surface area contributed by atoms with Crippen LogP contribution in [0.25, 0.3) is 17.0 Å². The lowest BCUT2D eigenvalue weighted by Gasteiger charge is -2.00. The van der Waals surface area contributed by atoms with Crippen LogP contribution in [0.3, 0.4) is 0 Å². The van der Waals surface area contributed by atoms with Crippen LogP contribution < -0.4 is 28.5 Å². The number of hydrogen-bond donors (Lipinski definition) is 1. The fourth-order valence-corrected chi connectivity index (χ4v) is 1.77. The first kappa shape index (κ1) is 14.1. The van der Waals surface area contributed by atoms with E-state index in [-0.39, 0.29) is 24.0 Å². The van der Waals surface area contributed by atoms with Crippen LogP contribution >= 0.6 is 0 Å². The molecule has 1 N–H and O–H groups in total. The normalized spacial score (nSPS) is 12.6. The predicted octanol–water partition coefficient (Wildman–Crippen LogP) is -0.938. The summed E-state index contributed by atoms with van der Waals surface area (Å²) in [7, 11) is 2.03. The van der Waals surface area contributed by atoms with E-state index in [1.165, 1.54) is 10.9 Å². The van der Waals surface area contributed by atoms with E-state index in [0.717, 1.165) is 5.69 Å². The van der Waals surface area contributed by atoms with Crippen LogP contribution in [-0.2, 0) is 7.05 Å². The molecular formula is C14H16INO. The molecule has 0 amide bonds. The van der Waals surface area contributed by atoms with Gasteiger partial charge in [-0.05, 0) is 25.1 Å². The SMILES string of the molecule is CC(O)/C=C/c1ccc2ccccc2[n+]1C.[I-]. The van der Waals surface area contributed by atoms with Crippen molar-refractivity contribution < 1.29 is 33.7 Å². The molecule has 0 bridgehead atoms. The second kappa shape index (κ2) is 6.12. The van der Waals surface area contributed by atoms with Crippen LogP contribution in [0.2, 0.25) is 0 Å². The van der Waals surface area contributed by atoms with Gasteiger partial charge in [-0.3, -0.25) is 0 Å². The van der Waals surface area contributed by atoms with Gasteiger partial charge in [0, 0.05) is 23.6 Å². The zero-order chi connectivity index (χ0) is 11.5. The average Bonchev–Trinajstić information content (AvgIpc) is 2.28. The zero-order valence-corrected chi connectivity index (χ0v) is 12.1. The van der Waals surface area contributed by atoms with Gasteiger partial charge in [-0.1, -0.05) is 12.1 Å². The van der Waals surface area contributed by atoms with Crippen molar-refractivity contribution in [3.8, 4) is 0 Å².